The molecule has 0 aliphatic heterocycles. The van der Waals surface area contributed by atoms with Crippen LogP contribution in [0, 0.1) is 21.4 Å². The molecule has 10 nitrogen and oxygen atoms in total. The fourth-order valence-corrected chi connectivity index (χ4v) is 4.24. The average Bonchev–Trinajstić information content (AvgIpc) is 3.11. The van der Waals surface area contributed by atoms with Gasteiger partial charge in [0.2, 0.25) is 0 Å². The molecule has 0 radical (unpaired) electrons. The van der Waals surface area contributed by atoms with Gasteiger partial charge in [-0.3, -0.25) is 19.5 Å². The predicted molar refractivity (Wildman–Crippen MR) is 127 cm³/mol. The highest BCUT2D eigenvalue weighted by molar-refractivity contribution is 6.07. The average molecular weight is 461 g/mol. The summed E-state index contributed by atoms with van der Waals surface area (Å²) in [6.45, 7) is 0.916. The quantitative estimate of drug-likeness (QED) is 0.302. The van der Waals surface area contributed by atoms with E-state index in [9.17, 15) is 25.3 Å². The summed E-state index contributed by atoms with van der Waals surface area (Å²) < 4.78 is 3.25. The van der Waals surface area contributed by atoms with Gasteiger partial charge in [0.1, 0.15) is 11.6 Å². The molecule has 0 fully saturated rings. The minimum atomic E-state index is -0.777. The number of aliphatic hydroxyl groups is 2. The topological polar surface area (TPSA) is 138 Å². The molecule has 2 aromatic heterocycles. The van der Waals surface area contributed by atoms with Gasteiger partial charge in [-0.1, -0.05) is 18.2 Å². The number of rotatable bonds is 8. The van der Waals surface area contributed by atoms with Gasteiger partial charge in [-0.2, -0.15) is 5.26 Å². The first-order valence-corrected chi connectivity index (χ1v) is 10.6. The zero-order chi connectivity index (χ0) is 24.4. The third kappa shape index (κ3) is 4.15. The van der Waals surface area contributed by atoms with E-state index < -0.39 is 16.6 Å². The lowest BCUT2D eigenvalue weighted by molar-refractivity contribution is -0.384. The number of nitriles is 1. The number of non-ortho nitro benzene ring substituents is 1. The van der Waals surface area contributed by atoms with Gasteiger partial charge in [-0.25, -0.2) is 0 Å². The Bertz CT molecular complexity index is 1470. The third-order valence-corrected chi connectivity index (χ3v) is 5.76. The molecular formula is C24H23N5O5. The second-order valence-corrected chi connectivity index (χ2v) is 8.09. The van der Waals surface area contributed by atoms with Crippen molar-refractivity contribution in [2.45, 2.75) is 12.6 Å². The van der Waals surface area contributed by atoms with Crippen LogP contribution in [0.1, 0.15) is 5.56 Å². The number of hydrogen-bond donors (Lipinski definition) is 2. The van der Waals surface area contributed by atoms with E-state index in [-0.39, 0.29) is 24.4 Å². The van der Waals surface area contributed by atoms with Crippen LogP contribution in [0.2, 0.25) is 0 Å². The maximum Gasteiger partial charge on any atom is 0.273 e. The van der Waals surface area contributed by atoms with E-state index in [1.165, 1.54) is 34.9 Å². The van der Waals surface area contributed by atoms with Crippen LogP contribution in [-0.2, 0) is 6.54 Å². The Morgan fingerprint density at radius 3 is 2.53 bits per heavy atom. The Morgan fingerprint density at radius 1 is 1.18 bits per heavy atom. The van der Waals surface area contributed by atoms with Crippen molar-refractivity contribution in [1.29, 1.82) is 5.26 Å². The van der Waals surface area contributed by atoms with Crippen molar-refractivity contribution in [3.05, 3.63) is 80.6 Å². The smallest absolute Gasteiger partial charge is 0.273 e. The first kappa shape index (κ1) is 23.1. The zero-order valence-electron chi connectivity index (χ0n) is 18.5. The molecule has 0 bridgehead atoms. The van der Waals surface area contributed by atoms with Crippen LogP contribution in [0.5, 0.6) is 0 Å². The molecule has 0 saturated heterocycles. The summed E-state index contributed by atoms with van der Waals surface area (Å²) in [6, 6.07) is 16.5. The van der Waals surface area contributed by atoms with Crippen molar-refractivity contribution in [2.24, 2.45) is 0 Å². The van der Waals surface area contributed by atoms with Crippen molar-refractivity contribution in [2.75, 3.05) is 26.7 Å². The van der Waals surface area contributed by atoms with Crippen molar-refractivity contribution in [3.8, 4) is 11.8 Å². The first-order valence-electron chi connectivity index (χ1n) is 10.6. The van der Waals surface area contributed by atoms with Gasteiger partial charge in [0.25, 0.3) is 11.2 Å². The lowest BCUT2D eigenvalue weighted by Crippen LogP contribution is -2.33. The molecule has 0 spiro atoms. The molecule has 0 aliphatic rings. The summed E-state index contributed by atoms with van der Waals surface area (Å²) in [5.41, 5.74) is 1.57. The SMILES string of the molecule is CN(CCO)CC(O)Cn1c2ccccc2c2c1cc(C#N)c(=O)n2-c1ccc([N+](=O)[O-])cc1. The summed E-state index contributed by atoms with van der Waals surface area (Å²) in [7, 11) is 1.80. The van der Waals surface area contributed by atoms with E-state index in [2.05, 4.69) is 0 Å². The van der Waals surface area contributed by atoms with Crippen LogP contribution < -0.4 is 5.56 Å². The van der Waals surface area contributed by atoms with Crippen LogP contribution in [0.25, 0.3) is 27.6 Å². The number of hydrogen-bond acceptors (Lipinski definition) is 7. The van der Waals surface area contributed by atoms with Gasteiger partial charge in [-0.05, 0) is 31.3 Å². The molecule has 0 aliphatic carbocycles. The molecule has 1 unspecified atom stereocenters. The van der Waals surface area contributed by atoms with Gasteiger partial charge in [-0.15, -0.1) is 0 Å². The third-order valence-electron chi connectivity index (χ3n) is 5.76. The van der Waals surface area contributed by atoms with Gasteiger partial charge in [0.15, 0.2) is 0 Å². The molecule has 4 aromatic rings. The highest BCUT2D eigenvalue weighted by atomic mass is 16.6. The monoisotopic (exact) mass is 461 g/mol. The molecule has 2 heterocycles. The number of nitro groups is 1. The molecule has 174 valence electrons. The summed E-state index contributed by atoms with van der Waals surface area (Å²) in [5.74, 6) is 0. The number of aromatic nitrogens is 2. The number of benzene rings is 2. The van der Waals surface area contributed by atoms with Crippen molar-refractivity contribution < 1.29 is 15.1 Å². The second-order valence-electron chi connectivity index (χ2n) is 8.09. The molecule has 0 amide bonds. The molecule has 34 heavy (non-hydrogen) atoms. The Labute approximate surface area is 194 Å². The Balaban J connectivity index is 1.96. The van der Waals surface area contributed by atoms with Crippen molar-refractivity contribution >= 4 is 27.6 Å². The van der Waals surface area contributed by atoms with Gasteiger partial charge < -0.3 is 19.7 Å². The molecule has 2 aromatic carbocycles. The number of aliphatic hydroxyl groups excluding tert-OH is 2. The second kappa shape index (κ2) is 9.44. The standard InChI is InChI=1S/C24H23N5O5/c1-26(10-11-30)14-19(31)15-27-21-5-3-2-4-20(21)23-22(27)12-16(13-25)24(32)28(23)17-6-8-18(9-7-17)29(33)34/h2-9,12,19,30-31H,10-11,14-15H2,1H3. The van der Waals surface area contributed by atoms with Gasteiger partial charge in [0, 0.05) is 36.3 Å². The number of likely N-dealkylation sites (N-methyl/N-ethyl adjacent to an activating group) is 1. The lowest BCUT2D eigenvalue weighted by Gasteiger charge is -2.21. The fraction of sp³-hybridized carbons (Fsp3) is 0.250. The van der Waals surface area contributed by atoms with E-state index in [0.717, 1.165) is 10.9 Å². The Morgan fingerprint density at radius 2 is 1.88 bits per heavy atom. The fourth-order valence-electron chi connectivity index (χ4n) is 4.24. The van der Waals surface area contributed by atoms with Gasteiger partial charge >= 0.3 is 0 Å². The molecule has 4 rings (SSSR count). The van der Waals surface area contributed by atoms with Crippen LogP contribution in [-0.4, -0.2) is 62.0 Å². The summed E-state index contributed by atoms with van der Waals surface area (Å²) in [6.07, 6.45) is -0.777. The minimum Gasteiger partial charge on any atom is -0.395 e. The van der Waals surface area contributed by atoms with E-state index in [1.807, 2.05) is 39.8 Å². The van der Waals surface area contributed by atoms with Crippen LogP contribution in [0.4, 0.5) is 5.69 Å². The van der Waals surface area contributed by atoms with Crippen molar-refractivity contribution in [1.82, 2.24) is 14.0 Å². The Hall–Kier alpha value is -4.04. The summed E-state index contributed by atoms with van der Waals surface area (Å²) >= 11 is 0. The largest absolute Gasteiger partial charge is 0.395 e. The maximum atomic E-state index is 13.2. The minimum absolute atomic E-state index is 0.0222. The van der Waals surface area contributed by atoms with Gasteiger partial charge in [0.05, 0.1) is 40.7 Å². The normalized spacial score (nSPS) is 12.3. The maximum absolute atomic E-state index is 13.2. The number of nitro benzene ring substituents is 1. The predicted octanol–water partition coefficient (Wildman–Crippen LogP) is 2.01. The highest BCUT2D eigenvalue weighted by Crippen LogP contribution is 2.31. The lowest BCUT2D eigenvalue weighted by atomic mass is 10.2. The number of para-hydroxylation sites is 1. The summed E-state index contributed by atoms with van der Waals surface area (Å²) in [4.78, 5) is 25.6. The first-order chi connectivity index (χ1) is 16.3. The number of fused-ring (bicyclic) bond motifs is 3. The molecule has 10 heteroatoms. The molecule has 1 atom stereocenters. The summed E-state index contributed by atoms with van der Waals surface area (Å²) in [5, 5.41) is 41.3. The highest BCUT2D eigenvalue weighted by Gasteiger charge is 2.21. The van der Waals surface area contributed by atoms with E-state index in [1.54, 1.807) is 7.05 Å². The van der Waals surface area contributed by atoms with Crippen LogP contribution >= 0.6 is 0 Å². The number of nitrogens with zero attached hydrogens (tertiary/aromatic N) is 5. The number of pyridine rings is 1. The van der Waals surface area contributed by atoms with E-state index >= 15 is 0 Å². The Kier molecular flexibility index (Phi) is 6.43. The van der Waals surface area contributed by atoms with E-state index in [4.69, 9.17) is 5.11 Å². The van der Waals surface area contributed by atoms with Crippen molar-refractivity contribution in [3.63, 3.8) is 0 Å². The molecule has 0 saturated carbocycles. The van der Waals surface area contributed by atoms with Crippen LogP contribution in [0.3, 0.4) is 0 Å². The van der Waals surface area contributed by atoms with Crippen LogP contribution in [0.15, 0.2) is 59.4 Å². The molecular weight excluding hydrogens is 438 g/mol. The molecule has 2 N–H and O–H groups in total. The zero-order valence-corrected chi connectivity index (χ0v) is 18.5. The van der Waals surface area contributed by atoms with E-state index in [0.29, 0.717) is 29.8 Å².